The number of ether oxygens (including phenoxy) is 1. The molecule has 0 bridgehead atoms. The van der Waals surface area contributed by atoms with Gasteiger partial charge in [-0.1, -0.05) is 43.2 Å². The molecule has 1 aromatic carbocycles. The number of allylic oxidation sites excluding steroid dienone is 1. The SMILES string of the molecule is CCCC1c2cc[n-]c2C=CC1C(=O)CC(=O)CCc1cc(CNC)c(O)c(OC)c1. The molecule has 1 aliphatic carbocycles. The number of ketones is 2. The maximum Gasteiger partial charge on any atom is 0.162 e. The molecule has 2 N–H and O–H groups in total. The second kappa shape index (κ2) is 10.4. The van der Waals surface area contributed by atoms with Crippen LogP contribution in [0.25, 0.3) is 6.08 Å². The smallest absolute Gasteiger partial charge is 0.162 e. The van der Waals surface area contributed by atoms with E-state index in [4.69, 9.17) is 4.74 Å². The van der Waals surface area contributed by atoms with E-state index in [9.17, 15) is 14.7 Å². The Balaban J connectivity index is 1.63. The van der Waals surface area contributed by atoms with Crippen LogP contribution in [0.3, 0.4) is 0 Å². The summed E-state index contributed by atoms with van der Waals surface area (Å²) in [7, 11) is 3.30. The summed E-state index contributed by atoms with van der Waals surface area (Å²) in [6.07, 6.45) is 8.18. The number of nitrogens with zero attached hydrogens (tertiary/aromatic N) is 1. The highest BCUT2D eigenvalue weighted by atomic mass is 16.5. The van der Waals surface area contributed by atoms with Crippen molar-refractivity contribution in [2.45, 2.75) is 51.5 Å². The number of aryl methyl sites for hydroxylation is 1. The van der Waals surface area contributed by atoms with Crippen LogP contribution in [0.1, 0.15) is 60.9 Å². The molecule has 6 heteroatoms. The molecule has 6 nitrogen and oxygen atoms in total. The van der Waals surface area contributed by atoms with Gasteiger partial charge in [0.1, 0.15) is 11.6 Å². The lowest BCUT2D eigenvalue weighted by atomic mass is 9.76. The van der Waals surface area contributed by atoms with Crippen LogP contribution in [-0.2, 0) is 22.6 Å². The molecule has 1 heterocycles. The van der Waals surface area contributed by atoms with Crippen LogP contribution < -0.4 is 15.0 Å². The van der Waals surface area contributed by atoms with E-state index < -0.39 is 0 Å². The van der Waals surface area contributed by atoms with Crippen molar-refractivity contribution in [3.05, 3.63) is 52.9 Å². The number of benzene rings is 1. The van der Waals surface area contributed by atoms with E-state index in [1.807, 2.05) is 24.3 Å². The summed E-state index contributed by atoms with van der Waals surface area (Å²) >= 11 is 0. The second-order valence-electron chi connectivity index (χ2n) is 8.08. The highest BCUT2D eigenvalue weighted by Gasteiger charge is 2.30. The molecule has 1 aliphatic rings. The van der Waals surface area contributed by atoms with Gasteiger partial charge in [-0.15, -0.1) is 5.69 Å². The average Bonchev–Trinajstić information content (AvgIpc) is 3.24. The lowest BCUT2D eigenvalue weighted by molar-refractivity contribution is -0.128. The number of Topliss-reactive ketones (excluding diaryl/α,β-unsaturated/α-hetero) is 2. The van der Waals surface area contributed by atoms with Crippen molar-refractivity contribution in [1.29, 1.82) is 0 Å². The third-order valence-corrected chi connectivity index (χ3v) is 5.89. The number of fused-ring (bicyclic) bond motifs is 1. The van der Waals surface area contributed by atoms with Crippen LogP contribution >= 0.6 is 0 Å². The van der Waals surface area contributed by atoms with E-state index >= 15 is 0 Å². The molecule has 0 amide bonds. The monoisotopic (exact) mass is 423 g/mol. The van der Waals surface area contributed by atoms with Gasteiger partial charge in [0.25, 0.3) is 0 Å². The van der Waals surface area contributed by atoms with Crippen LogP contribution in [0.5, 0.6) is 11.5 Å². The maximum atomic E-state index is 13.0. The van der Waals surface area contributed by atoms with Gasteiger partial charge in [-0.3, -0.25) is 9.59 Å². The fraction of sp³-hybridized carbons (Fsp3) is 0.440. The number of carbonyl (C=O) groups is 2. The van der Waals surface area contributed by atoms with E-state index in [2.05, 4.69) is 17.2 Å². The van der Waals surface area contributed by atoms with Crippen molar-refractivity contribution in [3.63, 3.8) is 0 Å². The first kappa shape index (κ1) is 22.8. The summed E-state index contributed by atoms with van der Waals surface area (Å²) in [6, 6.07) is 5.60. The van der Waals surface area contributed by atoms with Gasteiger partial charge in [-0.05, 0) is 37.4 Å². The minimum absolute atomic E-state index is 0.0225. The molecule has 0 radical (unpaired) electrons. The summed E-state index contributed by atoms with van der Waals surface area (Å²) < 4.78 is 5.25. The predicted octanol–water partition coefficient (Wildman–Crippen LogP) is 3.77. The van der Waals surface area contributed by atoms with Crippen LogP contribution in [-0.4, -0.2) is 30.8 Å². The van der Waals surface area contributed by atoms with Crippen LogP contribution in [0.2, 0.25) is 0 Å². The molecule has 0 fully saturated rings. The summed E-state index contributed by atoms with van der Waals surface area (Å²) in [5.41, 5.74) is 3.67. The van der Waals surface area contributed by atoms with Gasteiger partial charge in [0, 0.05) is 24.4 Å². The average molecular weight is 424 g/mol. The first-order chi connectivity index (χ1) is 15.0. The molecule has 0 aliphatic heterocycles. The Bertz CT molecular complexity index is 960. The van der Waals surface area contributed by atoms with Crippen molar-refractivity contribution >= 4 is 17.6 Å². The predicted molar refractivity (Wildman–Crippen MR) is 120 cm³/mol. The molecule has 31 heavy (non-hydrogen) atoms. The van der Waals surface area contributed by atoms with Crippen molar-refractivity contribution in [2.75, 3.05) is 14.2 Å². The van der Waals surface area contributed by atoms with Crippen LogP contribution in [0.15, 0.2) is 30.5 Å². The van der Waals surface area contributed by atoms with Gasteiger partial charge in [-0.25, -0.2) is 0 Å². The van der Waals surface area contributed by atoms with Gasteiger partial charge in [0.2, 0.25) is 0 Å². The Kier molecular flexibility index (Phi) is 7.69. The number of hydrogen-bond acceptors (Lipinski definition) is 5. The zero-order valence-corrected chi connectivity index (χ0v) is 18.5. The molecule has 3 rings (SSSR count). The van der Waals surface area contributed by atoms with E-state index in [1.165, 1.54) is 7.11 Å². The number of phenols is 1. The lowest BCUT2D eigenvalue weighted by Crippen LogP contribution is -2.25. The quantitative estimate of drug-likeness (QED) is 0.535. The molecule has 2 aromatic rings. The number of aromatic nitrogens is 1. The number of nitrogens with one attached hydrogen (secondary N) is 1. The van der Waals surface area contributed by atoms with E-state index in [-0.39, 0.29) is 42.0 Å². The molecule has 2 atom stereocenters. The van der Waals surface area contributed by atoms with Crippen molar-refractivity contribution < 1.29 is 19.4 Å². The largest absolute Gasteiger partial charge is 0.664 e. The Morgan fingerprint density at radius 1 is 1.29 bits per heavy atom. The summed E-state index contributed by atoms with van der Waals surface area (Å²) in [5, 5.41) is 13.2. The molecule has 2 unspecified atom stereocenters. The number of phenolic OH excluding ortho intramolecular Hbond substituents is 1. The standard InChI is InChI=1S/C25H31N2O4/c1-4-5-19-20-10-11-27-22(20)9-8-21(19)23(29)14-18(28)7-6-16-12-17(15-26-2)25(30)24(13-16)31-3/h8-13,19,21,26,30H,4-7,14-15H2,1-3H3/q-1. The first-order valence-corrected chi connectivity index (χ1v) is 10.9. The number of hydrogen-bond donors (Lipinski definition) is 2. The Morgan fingerprint density at radius 3 is 2.81 bits per heavy atom. The topological polar surface area (TPSA) is 89.7 Å². The van der Waals surface area contributed by atoms with Gasteiger partial charge in [0.05, 0.1) is 13.5 Å². The molecule has 0 saturated heterocycles. The Labute approximate surface area is 183 Å². The molecular formula is C25H31N2O4-. The van der Waals surface area contributed by atoms with Gasteiger partial charge < -0.3 is 20.1 Å². The lowest BCUT2D eigenvalue weighted by Gasteiger charge is -2.29. The Hall–Kier alpha value is -2.86. The molecule has 1 aromatic heterocycles. The summed E-state index contributed by atoms with van der Waals surface area (Å²) in [6.45, 7) is 2.60. The van der Waals surface area contributed by atoms with Crippen molar-refractivity contribution in [2.24, 2.45) is 5.92 Å². The zero-order chi connectivity index (χ0) is 22.4. The maximum absolute atomic E-state index is 13.0. The number of carbonyl (C=O) groups excluding carboxylic acids is 2. The fourth-order valence-corrected chi connectivity index (χ4v) is 4.35. The van der Waals surface area contributed by atoms with E-state index in [0.717, 1.165) is 29.7 Å². The first-order valence-electron chi connectivity index (χ1n) is 10.9. The zero-order valence-electron chi connectivity index (χ0n) is 18.5. The van der Waals surface area contributed by atoms with Crippen molar-refractivity contribution in [3.8, 4) is 11.5 Å². The summed E-state index contributed by atoms with van der Waals surface area (Å²) in [4.78, 5) is 29.9. The number of methoxy groups -OCH3 is 1. The minimum Gasteiger partial charge on any atom is -0.664 e. The molecular weight excluding hydrogens is 392 g/mol. The van der Waals surface area contributed by atoms with Gasteiger partial charge in [0.15, 0.2) is 11.5 Å². The minimum atomic E-state index is -0.267. The Morgan fingerprint density at radius 2 is 2.10 bits per heavy atom. The number of rotatable bonds is 11. The third kappa shape index (κ3) is 5.25. The molecule has 0 spiro atoms. The summed E-state index contributed by atoms with van der Waals surface area (Å²) in [5.74, 6) is 0.234. The normalized spacial score (nSPS) is 17.4. The second-order valence-corrected chi connectivity index (χ2v) is 8.08. The van der Waals surface area contributed by atoms with Crippen LogP contribution in [0, 0.1) is 5.92 Å². The van der Waals surface area contributed by atoms with Crippen molar-refractivity contribution in [1.82, 2.24) is 10.3 Å². The highest BCUT2D eigenvalue weighted by Crippen LogP contribution is 2.38. The van der Waals surface area contributed by atoms with Gasteiger partial charge in [-0.2, -0.15) is 6.20 Å². The number of aromatic hydroxyl groups is 1. The molecule has 166 valence electrons. The van der Waals surface area contributed by atoms with Crippen LogP contribution in [0.4, 0.5) is 0 Å². The van der Waals surface area contributed by atoms with E-state index in [0.29, 0.717) is 24.3 Å². The highest BCUT2D eigenvalue weighted by molar-refractivity contribution is 6.01. The molecule has 0 saturated carbocycles. The van der Waals surface area contributed by atoms with E-state index in [1.54, 1.807) is 19.3 Å². The van der Waals surface area contributed by atoms with Gasteiger partial charge >= 0.3 is 0 Å². The third-order valence-electron chi connectivity index (χ3n) is 5.89. The fourth-order valence-electron chi connectivity index (χ4n) is 4.35.